The van der Waals surface area contributed by atoms with Gasteiger partial charge in [-0.15, -0.1) is 0 Å². The Bertz CT molecular complexity index is 422. The molecule has 0 radical (unpaired) electrons. The monoisotopic (exact) mass is 215 g/mol. The first-order chi connectivity index (χ1) is 7.68. The summed E-state index contributed by atoms with van der Waals surface area (Å²) in [6.45, 7) is 6.57. The van der Waals surface area contributed by atoms with Crippen molar-refractivity contribution >= 4 is 5.78 Å². The second kappa shape index (κ2) is 4.62. The second-order valence-corrected chi connectivity index (χ2v) is 4.44. The molecule has 1 aliphatic heterocycles. The van der Waals surface area contributed by atoms with E-state index in [2.05, 4.69) is 18.0 Å². The molecule has 0 fully saturated rings. The van der Waals surface area contributed by atoms with Crippen molar-refractivity contribution in [3.63, 3.8) is 0 Å². The van der Waals surface area contributed by atoms with Gasteiger partial charge in [0.05, 0.1) is 6.04 Å². The molecule has 2 nitrogen and oxygen atoms in total. The summed E-state index contributed by atoms with van der Waals surface area (Å²) in [6, 6.07) is 8.04. The molecule has 1 heterocycles. The molecule has 1 aliphatic rings. The van der Waals surface area contributed by atoms with Gasteiger partial charge in [-0.2, -0.15) is 0 Å². The molecule has 84 valence electrons. The summed E-state index contributed by atoms with van der Waals surface area (Å²) in [5.41, 5.74) is 3.36. The molecule has 0 aliphatic carbocycles. The van der Waals surface area contributed by atoms with E-state index in [1.165, 1.54) is 5.56 Å². The van der Waals surface area contributed by atoms with Gasteiger partial charge in [0.1, 0.15) is 0 Å². The Balaban J connectivity index is 2.24. The summed E-state index contributed by atoms with van der Waals surface area (Å²) in [5.74, 6) is 0.222. The molecule has 1 N–H and O–H groups in total. The van der Waals surface area contributed by atoms with Crippen LogP contribution in [-0.2, 0) is 11.2 Å². The van der Waals surface area contributed by atoms with Gasteiger partial charge in [0.2, 0.25) is 0 Å². The van der Waals surface area contributed by atoms with E-state index in [0.717, 1.165) is 24.1 Å². The third kappa shape index (κ3) is 2.22. The molecule has 1 aromatic carbocycles. The lowest BCUT2D eigenvalue weighted by molar-refractivity contribution is -0.120. The minimum Gasteiger partial charge on any atom is -0.303 e. The smallest absolute Gasteiger partial charge is 0.158 e. The minimum atomic E-state index is -0.137. The number of rotatable bonds is 3. The minimum absolute atomic E-state index is 0.137. The van der Waals surface area contributed by atoms with Crippen molar-refractivity contribution in [3.05, 3.63) is 47.5 Å². The van der Waals surface area contributed by atoms with Gasteiger partial charge < -0.3 is 5.32 Å². The molecular formula is C14H17NO. The first-order valence-corrected chi connectivity index (χ1v) is 5.67. The Labute approximate surface area is 96.4 Å². The van der Waals surface area contributed by atoms with Crippen LogP contribution in [0.4, 0.5) is 0 Å². The fourth-order valence-electron chi connectivity index (χ4n) is 2.19. The zero-order valence-electron chi connectivity index (χ0n) is 9.62. The normalized spacial score (nSPS) is 18.9. The van der Waals surface area contributed by atoms with Gasteiger partial charge in [0, 0.05) is 13.0 Å². The maximum atomic E-state index is 12.0. The predicted octanol–water partition coefficient (Wildman–Crippen LogP) is 2.41. The maximum Gasteiger partial charge on any atom is 0.158 e. The van der Waals surface area contributed by atoms with Crippen LogP contribution in [-0.4, -0.2) is 12.3 Å². The summed E-state index contributed by atoms with van der Waals surface area (Å²) in [6.07, 6.45) is 1.47. The Kier molecular flexibility index (Phi) is 3.20. The third-order valence-corrected chi connectivity index (χ3v) is 2.91. The third-order valence-electron chi connectivity index (χ3n) is 2.91. The molecule has 0 spiro atoms. The second-order valence-electron chi connectivity index (χ2n) is 4.44. The molecule has 2 heteroatoms. The van der Waals surface area contributed by atoms with Gasteiger partial charge in [-0.3, -0.25) is 4.79 Å². The Morgan fingerprint density at radius 3 is 3.00 bits per heavy atom. The average molecular weight is 215 g/mol. The van der Waals surface area contributed by atoms with Crippen molar-refractivity contribution in [1.82, 2.24) is 5.32 Å². The Hall–Kier alpha value is -1.41. The van der Waals surface area contributed by atoms with Gasteiger partial charge >= 0.3 is 0 Å². The lowest BCUT2D eigenvalue weighted by Gasteiger charge is -2.25. The van der Waals surface area contributed by atoms with Crippen LogP contribution in [0.15, 0.2) is 36.4 Å². The van der Waals surface area contributed by atoms with Crippen LogP contribution in [0.5, 0.6) is 0 Å². The molecule has 0 saturated carbocycles. The quantitative estimate of drug-likeness (QED) is 0.784. The lowest BCUT2D eigenvalue weighted by Crippen LogP contribution is -2.35. The maximum absolute atomic E-state index is 12.0. The molecule has 0 aromatic heterocycles. The number of Topliss-reactive ketones (excluding diaryl/α,β-unsaturated/α-hetero) is 1. The number of fused-ring (bicyclic) bond motifs is 1. The number of carbonyl (C=O) groups excluding carboxylic acids is 1. The van der Waals surface area contributed by atoms with Crippen molar-refractivity contribution in [1.29, 1.82) is 0 Å². The fraction of sp³-hybridized carbons (Fsp3) is 0.357. The summed E-state index contributed by atoms with van der Waals surface area (Å²) in [5, 5.41) is 3.29. The van der Waals surface area contributed by atoms with Crippen molar-refractivity contribution in [2.24, 2.45) is 0 Å². The molecular weight excluding hydrogens is 198 g/mol. The van der Waals surface area contributed by atoms with Gasteiger partial charge in [-0.05, 0) is 24.5 Å². The van der Waals surface area contributed by atoms with E-state index < -0.39 is 0 Å². The number of hydrogen-bond acceptors (Lipinski definition) is 2. The topological polar surface area (TPSA) is 29.1 Å². The van der Waals surface area contributed by atoms with Crippen molar-refractivity contribution in [2.75, 3.05) is 6.54 Å². The van der Waals surface area contributed by atoms with E-state index in [4.69, 9.17) is 0 Å². The summed E-state index contributed by atoms with van der Waals surface area (Å²) < 4.78 is 0. The number of nitrogens with one attached hydrogen (secondary N) is 1. The number of hydrogen-bond donors (Lipinski definition) is 1. The Morgan fingerprint density at radius 1 is 1.50 bits per heavy atom. The molecule has 1 unspecified atom stereocenters. The SMILES string of the molecule is C=C(C)CC(=O)C1NCCc2ccccc21. The van der Waals surface area contributed by atoms with Crippen molar-refractivity contribution < 1.29 is 4.79 Å². The fourth-order valence-corrected chi connectivity index (χ4v) is 2.19. The highest BCUT2D eigenvalue weighted by molar-refractivity contribution is 5.87. The summed E-state index contributed by atoms with van der Waals surface area (Å²) >= 11 is 0. The van der Waals surface area contributed by atoms with Gasteiger partial charge in [0.25, 0.3) is 0 Å². The number of ketones is 1. The van der Waals surface area contributed by atoms with Gasteiger partial charge in [-0.1, -0.05) is 36.4 Å². The first kappa shape index (κ1) is 11.1. The van der Waals surface area contributed by atoms with Crippen LogP contribution < -0.4 is 5.32 Å². The standard InChI is InChI=1S/C14H17NO/c1-10(2)9-13(16)14-12-6-4-3-5-11(12)7-8-15-14/h3-6,14-15H,1,7-9H2,2H3. The highest BCUT2D eigenvalue weighted by Gasteiger charge is 2.24. The van der Waals surface area contributed by atoms with E-state index in [-0.39, 0.29) is 11.8 Å². The zero-order valence-corrected chi connectivity index (χ0v) is 9.62. The van der Waals surface area contributed by atoms with Crippen molar-refractivity contribution in [3.8, 4) is 0 Å². The van der Waals surface area contributed by atoms with Crippen LogP contribution in [0.2, 0.25) is 0 Å². The number of benzene rings is 1. The van der Waals surface area contributed by atoms with Crippen LogP contribution in [0.25, 0.3) is 0 Å². The molecule has 1 aromatic rings. The lowest BCUT2D eigenvalue weighted by atomic mass is 9.90. The average Bonchev–Trinajstić information content (AvgIpc) is 2.27. The molecule has 1 atom stereocenters. The highest BCUT2D eigenvalue weighted by Crippen LogP contribution is 2.24. The molecule has 2 rings (SSSR count). The van der Waals surface area contributed by atoms with E-state index in [1.54, 1.807) is 0 Å². The summed E-state index contributed by atoms with van der Waals surface area (Å²) in [7, 11) is 0. The van der Waals surface area contributed by atoms with Crippen LogP contribution >= 0.6 is 0 Å². The molecule has 0 saturated heterocycles. The van der Waals surface area contributed by atoms with Crippen LogP contribution in [0.3, 0.4) is 0 Å². The van der Waals surface area contributed by atoms with E-state index in [1.807, 2.05) is 25.1 Å². The van der Waals surface area contributed by atoms with Gasteiger partial charge in [0.15, 0.2) is 5.78 Å². The molecule has 0 bridgehead atoms. The van der Waals surface area contributed by atoms with E-state index >= 15 is 0 Å². The summed E-state index contributed by atoms with van der Waals surface area (Å²) in [4.78, 5) is 12.0. The molecule has 16 heavy (non-hydrogen) atoms. The largest absolute Gasteiger partial charge is 0.303 e. The van der Waals surface area contributed by atoms with Crippen LogP contribution in [0.1, 0.15) is 30.5 Å². The van der Waals surface area contributed by atoms with Crippen LogP contribution in [0, 0.1) is 0 Å². The predicted molar refractivity (Wildman–Crippen MR) is 65.3 cm³/mol. The Morgan fingerprint density at radius 2 is 2.25 bits per heavy atom. The van der Waals surface area contributed by atoms with E-state index in [9.17, 15) is 4.79 Å². The van der Waals surface area contributed by atoms with Gasteiger partial charge in [-0.25, -0.2) is 0 Å². The number of carbonyl (C=O) groups is 1. The van der Waals surface area contributed by atoms with E-state index in [0.29, 0.717) is 6.42 Å². The number of allylic oxidation sites excluding steroid dienone is 1. The highest BCUT2D eigenvalue weighted by atomic mass is 16.1. The first-order valence-electron chi connectivity index (χ1n) is 5.67. The zero-order chi connectivity index (χ0) is 11.5. The molecule has 0 amide bonds. The van der Waals surface area contributed by atoms with Crippen molar-refractivity contribution in [2.45, 2.75) is 25.8 Å².